The van der Waals surface area contributed by atoms with Crippen LogP contribution >= 0.6 is 11.3 Å². The monoisotopic (exact) mass is 463 g/mol. The van der Waals surface area contributed by atoms with E-state index in [1.807, 2.05) is 60.0 Å². The Balaban J connectivity index is 1.59. The minimum atomic E-state index is -0.272. The average molecular weight is 464 g/mol. The lowest BCUT2D eigenvalue weighted by atomic mass is 9.98. The molecular formula is C25H25N3O4S. The smallest absolute Gasteiger partial charge is 0.264 e. The summed E-state index contributed by atoms with van der Waals surface area (Å²) in [5.74, 6) is 1.07. The molecule has 0 bridgehead atoms. The van der Waals surface area contributed by atoms with Crippen molar-refractivity contribution in [1.29, 1.82) is 0 Å². The molecule has 2 amide bonds. The van der Waals surface area contributed by atoms with Crippen LogP contribution in [0.1, 0.15) is 33.3 Å². The van der Waals surface area contributed by atoms with Crippen LogP contribution in [-0.2, 0) is 4.79 Å². The van der Waals surface area contributed by atoms with E-state index in [0.717, 1.165) is 28.3 Å². The molecule has 4 rings (SSSR count). The molecule has 170 valence electrons. The molecule has 0 N–H and O–H groups in total. The molecule has 0 saturated carbocycles. The van der Waals surface area contributed by atoms with Crippen LogP contribution in [0.2, 0.25) is 0 Å². The van der Waals surface area contributed by atoms with Crippen molar-refractivity contribution in [3.63, 3.8) is 0 Å². The minimum Gasteiger partial charge on any atom is -0.497 e. The van der Waals surface area contributed by atoms with E-state index in [2.05, 4.69) is 5.10 Å². The van der Waals surface area contributed by atoms with Crippen molar-refractivity contribution in [2.24, 2.45) is 5.10 Å². The Labute approximate surface area is 196 Å². The third kappa shape index (κ3) is 4.90. The maximum absolute atomic E-state index is 13.3. The molecule has 0 radical (unpaired) electrons. The Morgan fingerprint density at radius 2 is 1.67 bits per heavy atom. The number of ether oxygens (including phenoxy) is 2. The van der Waals surface area contributed by atoms with E-state index in [1.165, 1.54) is 21.2 Å². The fourth-order valence-electron chi connectivity index (χ4n) is 3.72. The lowest BCUT2D eigenvalue weighted by Gasteiger charge is -2.25. The van der Waals surface area contributed by atoms with Crippen LogP contribution in [-0.4, -0.2) is 55.2 Å². The number of thiophene rings is 1. The number of rotatable bonds is 7. The van der Waals surface area contributed by atoms with Crippen LogP contribution in [0.3, 0.4) is 0 Å². The molecule has 2 heterocycles. The number of hydrazone groups is 1. The Bertz CT molecular complexity index is 1140. The van der Waals surface area contributed by atoms with Crippen LogP contribution in [0.4, 0.5) is 0 Å². The van der Waals surface area contributed by atoms with Gasteiger partial charge in [-0.15, -0.1) is 11.3 Å². The van der Waals surface area contributed by atoms with Gasteiger partial charge in [0, 0.05) is 13.5 Å². The van der Waals surface area contributed by atoms with Gasteiger partial charge in [-0.05, 0) is 59.0 Å². The number of carbonyl (C=O) groups is 2. The third-order valence-electron chi connectivity index (χ3n) is 5.54. The standard InChI is InChI=1S/C25H25N3O4S/c1-27(25(30)23-5-4-14-33-23)16-24(29)28-22(18-8-12-20(32-3)13-9-18)15-21(26-28)17-6-10-19(31-2)11-7-17/h4-14,22H,15-16H2,1-3H3/t22-/m0/s1. The fraction of sp³-hybridized carbons (Fsp3) is 0.240. The van der Waals surface area contributed by atoms with Crippen LogP contribution in [0.5, 0.6) is 11.5 Å². The predicted octanol–water partition coefficient (Wildman–Crippen LogP) is 4.22. The van der Waals surface area contributed by atoms with Gasteiger partial charge in [-0.25, -0.2) is 5.01 Å². The Morgan fingerprint density at radius 1 is 1.03 bits per heavy atom. The van der Waals surface area contributed by atoms with Crippen molar-refractivity contribution in [1.82, 2.24) is 9.91 Å². The lowest BCUT2D eigenvalue weighted by molar-refractivity contribution is -0.133. The molecule has 1 aromatic heterocycles. The molecule has 0 spiro atoms. The second-order valence-corrected chi connectivity index (χ2v) is 8.59. The number of hydrogen-bond acceptors (Lipinski definition) is 6. The van der Waals surface area contributed by atoms with Gasteiger partial charge in [0.25, 0.3) is 11.8 Å². The van der Waals surface area contributed by atoms with Crippen molar-refractivity contribution in [2.45, 2.75) is 12.5 Å². The minimum absolute atomic E-state index is 0.0667. The number of likely N-dealkylation sites (N-methyl/N-ethyl adjacent to an activating group) is 1. The Hall–Kier alpha value is -3.65. The zero-order valence-electron chi connectivity index (χ0n) is 18.7. The van der Waals surface area contributed by atoms with Gasteiger partial charge in [0.05, 0.1) is 30.9 Å². The van der Waals surface area contributed by atoms with Gasteiger partial charge < -0.3 is 14.4 Å². The van der Waals surface area contributed by atoms with Gasteiger partial charge >= 0.3 is 0 Å². The number of carbonyl (C=O) groups excluding carboxylic acids is 2. The molecule has 0 fully saturated rings. The summed E-state index contributed by atoms with van der Waals surface area (Å²) in [6.45, 7) is -0.0667. The topological polar surface area (TPSA) is 71.4 Å². The largest absolute Gasteiger partial charge is 0.497 e. The summed E-state index contributed by atoms with van der Waals surface area (Å²) in [4.78, 5) is 28.0. The maximum Gasteiger partial charge on any atom is 0.264 e. The first-order valence-corrected chi connectivity index (χ1v) is 11.3. The van der Waals surface area contributed by atoms with Crippen molar-refractivity contribution < 1.29 is 19.1 Å². The molecule has 1 atom stereocenters. The molecule has 0 aliphatic carbocycles. The quantitative estimate of drug-likeness (QED) is 0.526. The van der Waals surface area contributed by atoms with Crippen molar-refractivity contribution in [2.75, 3.05) is 27.8 Å². The molecular weight excluding hydrogens is 438 g/mol. The number of hydrogen-bond donors (Lipinski definition) is 0. The highest BCUT2D eigenvalue weighted by molar-refractivity contribution is 7.12. The predicted molar refractivity (Wildman–Crippen MR) is 128 cm³/mol. The number of methoxy groups -OCH3 is 2. The second-order valence-electron chi connectivity index (χ2n) is 7.65. The van der Waals surface area contributed by atoms with Crippen LogP contribution in [0, 0.1) is 0 Å². The number of amides is 2. The van der Waals surface area contributed by atoms with E-state index < -0.39 is 0 Å². The summed E-state index contributed by atoms with van der Waals surface area (Å²) >= 11 is 1.35. The molecule has 2 aromatic carbocycles. The summed E-state index contributed by atoms with van der Waals surface area (Å²) in [5.41, 5.74) is 2.68. The average Bonchev–Trinajstić information content (AvgIpc) is 3.54. The first kappa shape index (κ1) is 22.5. The van der Waals surface area contributed by atoms with E-state index in [4.69, 9.17) is 9.47 Å². The van der Waals surface area contributed by atoms with Crippen LogP contribution in [0.15, 0.2) is 71.1 Å². The Kier molecular flexibility index (Phi) is 6.74. The first-order chi connectivity index (χ1) is 16.0. The van der Waals surface area contributed by atoms with Crippen molar-refractivity contribution in [3.8, 4) is 11.5 Å². The molecule has 0 saturated heterocycles. The zero-order valence-corrected chi connectivity index (χ0v) is 19.5. The normalized spacial score (nSPS) is 15.2. The second kappa shape index (κ2) is 9.87. The van der Waals surface area contributed by atoms with Crippen LogP contribution < -0.4 is 9.47 Å². The Morgan fingerprint density at radius 3 is 2.24 bits per heavy atom. The summed E-state index contributed by atoms with van der Waals surface area (Å²) in [6, 6.07) is 18.5. The first-order valence-electron chi connectivity index (χ1n) is 10.5. The molecule has 3 aromatic rings. The highest BCUT2D eigenvalue weighted by atomic mass is 32.1. The summed E-state index contributed by atoms with van der Waals surface area (Å²) in [6.07, 6.45) is 0.562. The van der Waals surface area contributed by atoms with Gasteiger partial charge in [-0.3, -0.25) is 9.59 Å². The van der Waals surface area contributed by atoms with Crippen LogP contribution in [0.25, 0.3) is 0 Å². The highest BCUT2D eigenvalue weighted by Gasteiger charge is 2.34. The maximum atomic E-state index is 13.3. The fourth-order valence-corrected chi connectivity index (χ4v) is 4.44. The van der Waals surface area contributed by atoms with Gasteiger partial charge in [0.15, 0.2) is 0 Å². The summed E-state index contributed by atoms with van der Waals surface area (Å²) < 4.78 is 10.5. The van der Waals surface area contributed by atoms with Gasteiger partial charge in [-0.2, -0.15) is 5.10 Å². The van der Waals surface area contributed by atoms with Crippen molar-refractivity contribution >= 4 is 28.9 Å². The molecule has 7 nitrogen and oxygen atoms in total. The molecule has 1 aliphatic rings. The number of nitrogens with zero attached hydrogens (tertiary/aromatic N) is 3. The van der Waals surface area contributed by atoms with E-state index in [-0.39, 0.29) is 24.4 Å². The summed E-state index contributed by atoms with van der Waals surface area (Å²) in [7, 11) is 4.87. The van der Waals surface area contributed by atoms with E-state index in [1.54, 1.807) is 27.3 Å². The van der Waals surface area contributed by atoms with E-state index in [0.29, 0.717) is 11.3 Å². The molecule has 1 aliphatic heterocycles. The van der Waals surface area contributed by atoms with Gasteiger partial charge in [-0.1, -0.05) is 18.2 Å². The van der Waals surface area contributed by atoms with E-state index in [9.17, 15) is 9.59 Å². The number of benzene rings is 2. The van der Waals surface area contributed by atoms with Crippen molar-refractivity contribution in [3.05, 3.63) is 82.0 Å². The zero-order chi connectivity index (χ0) is 23.4. The molecule has 0 unspecified atom stereocenters. The molecule has 8 heteroatoms. The lowest BCUT2D eigenvalue weighted by Crippen LogP contribution is -2.39. The van der Waals surface area contributed by atoms with Gasteiger partial charge in [0.2, 0.25) is 0 Å². The SMILES string of the molecule is COc1ccc(C2=NN(C(=O)CN(C)C(=O)c3cccs3)[C@H](c3ccc(OC)cc3)C2)cc1. The van der Waals surface area contributed by atoms with Gasteiger partial charge in [0.1, 0.15) is 18.0 Å². The van der Waals surface area contributed by atoms with E-state index >= 15 is 0 Å². The highest BCUT2D eigenvalue weighted by Crippen LogP contribution is 2.34. The molecule has 33 heavy (non-hydrogen) atoms. The summed E-state index contributed by atoms with van der Waals surface area (Å²) in [5, 5.41) is 8.02. The third-order valence-corrected chi connectivity index (χ3v) is 6.40.